The van der Waals surface area contributed by atoms with Gasteiger partial charge in [0.15, 0.2) is 0 Å². The number of aromatic nitrogens is 3. The first-order valence-electron chi connectivity index (χ1n) is 6.21. The van der Waals surface area contributed by atoms with Crippen LogP contribution in [0, 0.1) is 0 Å². The van der Waals surface area contributed by atoms with Crippen LogP contribution in [0.3, 0.4) is 0 Å². The molecule has 1 saturated heterocycles. The molecule has 0 saturated carbocycles. The van der Waals surface area contributed by atoms with E-state index in [-0.39, 0.29) is 17.9 Å². The maximum absolute atomic E-state index is 9.48. The van der Waals surface area contributed by atoms with Crippen molar-refractivity contribution in [3.63, 3.8) is 0 Å². The lowest BCUT2D eigenvalue weighted by atomic mass is 10.1. The van der Waals surface area contributed by atoms with Crippen molar-refractivity contribution < 1.29 is 5.11 Å². The average Bonchev–Trinajstić information content (AvgIpc) is 2.62. The normalized spacial score (nSPS) is 20.6. The molecule has 1 aromatic heterocycles. The number of halogens is 1. The summed E-state index contributed by atoms with van der Waals surface area (Å²) in [7, 11) is 1.74. The number of anilines is 2. The quantitative estimate of drug-likeness (QED) is 0.863. The monoisotopic (exact) mass is 271 g/mol. The second-order valence-corrected chi connectivity index (χ2v) is 4.70. The molecule has 0 aromatic carbocycles. The van der Waals surface area contributed by atoms with Crippen molar-refractivity contribution in [3.05, 3.63) is 5.28 Å². The van der Waals surface area contributed by atoms with Gasteiger partial charge in [-0.3, -0.25) is 0 Å². The summed E-state index contributed by atoms with van der Waals surface area (Å²) < 4.78 is 0. The number of nitrogens with one attached hydrogen (secondary N) is 1. The van der Waals surface area contributed by atoms with E-state index < -0.39 is 0 Å². The minimum absolute atomic E-state index is 0.0654. The molecular weight excluding hydrogens is 254 g/mol. The Hall–Kier alpha value is -1.14. The fourth-order valence-corrected chi connectivity index (χ4v) is 2.37. The fourth-order valence-electron chi connectivity index (χ4n) is 2.21. The van der Waals surface area contributed by atoms with Gasteiger partial charge in [-0.1, -0.05) is 12.8 Å². The molecule has 0 radical (unpaired) electrons. The smallest absolute Gasteiger partial charge is 0.231 e. The van der Waals surface area contributed by atoms with E-state index in [4.69, 9.17) is 11.6 Å². The number of aliphatic hydroxyl groups is 1. The average molecular weight is 272 g/mol. The summed E-state index contributed by atoms with van der Waals surface area (Å²) in [4.78, 5) is 14.5. The highest BCUT2D eigenvalue weighted by Gasteiger charge is 2.23. The molecule has 1 atom stereocenters. The van der Waals surface area contributed by atoms with Crippen LogP contribution in [0.1, 0.15) is 25.7 Å². The predicted octanol–water partition coefficient (Wildman–Crippen LogP) is 1.31. The molecule has 18 heavy (non-hydrogen) atoms. The van der Waals surface area contributed by atoms with E-state index in [1.165, 1.54) is 6.42 Å². The van der Waals surface area contributed by atoms with Gasteiger partial charge in [0.25, 0.3) is 0 Å². The van der Waals surface area contributed by atoms with Crippen molar-refractivity contribution in [3.8, 4) is 0 Å². The maximum Gasteiger partial charge on any atom is 0.231 e. The van der Waals surface area contributed by atoms with Crippen LogP contribution in [0.25, 0.3) is 0 Å². The van der Waals surface area contributed by atoms with E-state index in [1.807, 2.05) is 4.90 Å². The van der Waals surface area contributed by atoms with Crippen molar-refractivity contribution in [1.29, 1.82) is 0 Å². The number of rotatable bonds is 3. The highest BCUT2D eigenvalue weighted by atomic mass is 35.5. The Bertz CT molecular complexity index is 403. The lowest BCUT2D eigenvalue weighted by molar-refractivity contribution is 0.254. The molecule has 2 heterocycles. The van der Waals surface area contributed by atoms with Crippen LogP contribution in [0.4, 0.5) is 11.9 Å². The first-order chi connectivity index (χ1) is 8.74. The Balaban J connectivity index is 2.29. The second-order valence-electron chi connectivity index (χ2n) is 4.36. The molecule has 2 rings (SSSR count). The summed E-state index contributed by atoms with van der Waals surface area (Å²) in [6, 6.07) is 0.0654. The van der Waals surface area contributed by atoms with Crippen LogP contribution in [0.5, 0.6) is 0 Å². The molecular formula is C11H18ClN5O. The Kier molecular flexibility index (Phi) is 4.54. The lowest BCUT2D eigenvalue weighted by Crippen LogP contribution is -2.39. The van der Waals surface area contributed by atoms with Gasteiger partial charge in [-0.25, -0.2) is 0 Å². The molecule has 1 aromatic rings. The summed E-state index contributed by atoms with van der Waals surface area (Å²) in [6.07, 6.45) is 4.33. The zero-order chi connectivity index (χ0) is 13.0. The van der Waals surface area contributed by atoms with Crippen LogP contribution < -0.4 is 10.2 Å². The molecule has 1 fully saturated rings. The van der Waals surface area contributed by atoms with Crippen molar-refractivity contribution in [1.82, 2.24) is 15.0 Å². The zero-order valence-electron chi connectivity index (χ0n) is 10.4. The van der Waals surface area contributed by atoms with Gasteiger partial charge in [0.05, 0.1) is 12.6 Å². The molecule has 1 unspecified atom stereocenters. The zero-order valence-corrected chi connectivity index (χ0v) is 11.2. The third kappa shape index (κ3) is 3.00. The van der Waals surface area contributed by atoms with Gasteiger partial charge in [0, 0.05) is 13.6 Å². The lowest BCUT2D eigenvalue weighted by Gasteiger charge is -2.28. The van der Waals surface area contributed by atoms with Crippen molar-refractivity contribution in [2.45, 2.75) is 31.7 Å². The SMILES string of the molecule is CNc1nc(Cl)nc(N2CCCCCC2CO)n1. The van der Waals surface area contributed by atoms with Gasteiger partial charge >= 0.3 is 0 Å². The third-order valence-electron chi connectivity index (χ3n) is 3.16. The van der Waals surface area contributed by atoms with Gasteiger partial charge in [0.2, 0.25) is 17.2 Å². The van der Waals surface area contributed by atoms with E-state index in [2.05, 4.69) is 20.3 Å². The van der Waals surface area contributed by atoms with Gasteiger partial charge in [-0.2, -0.15) is 15.0 Å². The summed E-state index contributed by atoms with van der Waals surface area (Å²) in [6.45, 7) is 0.951. The molecule has 1 aliphatic rings. The van der Waals surface area contributed by atoms with Crippen LogP contribution in [-0.4, -0.2) is 46.3 Å². The van der Waals surface area contributed by atoms with Crippen LogP contribution in [-0.2, 0) is 0 Å². The minimum atomic E-state index is 0.0654. The maximum atomic E-state index is 9.48. The summed E-state index contributed by atoms with van der Waals surface area (Å²) >= 11 is 5.89. The molecule has 0 amide bonds. The number of aliphatic hydroxyl groups excluding tert-OH is 1. The predicted molar refractivity (Wildman–Crippen MR) is 71.1 cm³/mol. The Labute approximate surface area is 111 Å². The first kappa shape index (κ1) is 13.3. The molecule has 2 N–H and O–H groups in total. The third-order valence-corrected chi connectivity index (χ3v) is 3.33. The Morgan fingerprint density at radius 2 is 2.17 bits per heavy atom. The Morgan fingerprint density at radius 1 is 1.33 bits per heavy atom. The van der Waals surface area contributed by atoms with Gasteiger partial charge in [-0.15, -0.1) is 0 Å². The van der Waals surface area contributed by atoms with E-state index in [0.29, 0.717) is 11.9 Å². The summed E-state index contributed by atoms with van der Waals surface area (Å²) in [5.74, 6) is 0.992. The molecule has 0 spiro atoms. The van der Waals surface area contributed by atoms with E-state index in [0.717, 1.165) is 25.8 Å². The van der Waals surface area contributed by atoms with Crippen molar-refractivity contribution in [2.75, 3.05) is 30.4 Å². The van der Waals surface area contributed by atoms with Crippen molar-refractivity contribution in [2.24, 2.45) is 0 Å². The topological polar surface area (TPSA) is 74.2 Å². The van der Waals surface area contributed by atoms with Gasteiger partial charge in [-0.05, 0) is 24.4 Å². The van der Waals surface area contributed by atoms with Gasteiger partial charge in [0.1, 0.15) is 0 Å². The van der Waals surface area contributed by atoms with Crippen LogP contribution in [0.2, 0.25) is 5.28 Å². The highest BCUT2D eigenvalue weighted by molar-refractivity contribution is 6.28. The van der Waals surface area contributed by atoms with Crippen molar-refractivity contribution >= 4 is 23.5 Å². The molecule has 1 aliphatic heterocycles. The molecule has 6 nitrogen and oxygen atoms in total. The summed E-state index contributed by atoms with van der Waals surface area (Å²) in [5, 5.41) is 12.5. The largest absolute Gasteiger partial charge is 0.394 e. The second kappa shape index (κ2) is 6.15. The molecule has 100 valence electrons. The van der Waals surface area contributed by atoms with E-state index in [9.17, 15) is 5.11 Å². The van der Waals surface area contributed by atoms with Crippen LogP contribution in [0.15, 0.2) is 0 Å². The molecule has 7 heteroatoms. The van der Waals surface area contributed by atoms with Gasteiger partial charge < -0.3 is 15.3 Å². The minimum Gasteiger partial charge on any atom is -0.394 e. The number of hydrogen-bond donors (Lipinski definition) is 2. The van der Waals surface area contributed by atoms with Crippen LogP contribution >= 0.6 is 11.6 Å². The summed E-state index contributed by atoms with van der Waals surface area (Å²) in [5.41, 5.74) is 0. The number of nitrogens with zero attached hydrogens (tertiary/aromatic N) is 4. The standard InChI is InChI=1S/C11H18ClN5O/c1-13-10-14-9(12)15-11(16-10)17-6-4-2-3-5-8(17)7-18/h8,18H,2-7H2,1H3,(H,13,14,15,16). The number of hydrogen-bond acceptors (Lipinski definition) is 6. The Morgan fingerprint density at radius 3 is 2.89 bits per heavy atom. The molecule has 0 aliphatic carbocycles. The fraction of sp³-hybridized carbons (Fsp3) is 0.727. The molecule has 0 bridgehead atoms. The first-order valence-corrected chi connectivity index (χ1v) is 6.59. The highest BCUT2D eigenvalue weighted by Crippen LogP contribution is 2.22. The van der Waals surface area contributed by atoms with E-state index >= 15 is 0 Å². The van der Waals surface area contributed by atoms with E-state index in [1.54, 1.807) is 7.05 Å².